The Morgan fingerprint density at radius 3 is 2.58 bits per heavy atom. The number of carbonyl (C=O) groups excluding carboxylic acids is 3. The number of rotatable bonds is 7. The summed E-state index contributed by atoms with van der Waals surface area (Å²) in [6.45, 7) is -0.0438. The van der Waals surface area contributed by atoms with Gasteiger partial charge in [-0.2, -0.15) is 0 Å². The molecule has 1 aromatic carbocycles. The van der Waals surface area contributed by atoms with Gasteiger partial charge >= 0.3 is 5.97 Å². The predicted octanol–water partition coefficient (Wildman–Crippen LogP) is 0.175. The molecule has 4 N–H and O–H groups in total. The molecule has 1 rings (SSSR count). The van der Waals surface area contributed by atoms with Gasteiger partial charge in [-0.05, 0) is 24.4 Å². The number of nitrogens with one attached hydrogen (secondary N) is 3. The molecule has 2 amide bonds. The van der Waals surface area contributed by atoms with Crippen LogP contribution >= 0.6 is 12.2 Å². The second kappa shape index (κ2) is 10.3. The Balaban J connectivity index is 2.62. The van der Waals surface area contributed by atoms with Crippen molar-refractivity contribution in [2.24, 2.45) is 0 Å². The van der Waals surface area contributed by atoms with Gasteiger partial charge in [0.15, 0.2) is 5.11 Å². The molecule has 1 aromatic rings. The number of esters is 1. The molecule has 0 bridgehead atoms. The molecule has 0 saturated heterocycles. The number of ether oxygens (including phenoxy) is 1. The summed E-state index contributed by atoms with van der Waals surface area (Å²) >= 11 is 5.02. The average molecular weight is 353 g/mol. The lowest BCUT2D eigenvalue weighted by Gasteiger charge is -2.13. The Morgan fingerprint density at radius 2 is 1.92 bits per heavy atom. The number of hydrogen-bond donors (Lipinski definition) is 4. The molecule has 0 aromatic heterocycles. The van der Waals surface area contributed by atoms with Crippen LogP contribution < -0.4 is 16.0 Å². The quantitative estimate of drug-likeness (QED) is 0.408. The van der Waals surface area contributed by atoms with Gasteiger partial charge in [0.1, 0.15) is 0 Å². The number of hydrogen-bond acceptors (Lipinski definition) is 6. The third kappa shape index (κ3) is 6.71. The predicted molar refractivity (Wildman–Crippen MR) is 91.5 cm³/mol. The van der Waals surface area contributed by atoms with Crippen LogP contribution in [-0.2, 0) is 14.3 Å². The van der Waals surface area contributed by atoms with Gasteiger partial charge in [-0.3, -0.25) is 14.4 Å². The van der Waals surface area contributed by atoms with Crippen molar-refractivity contribution in [2.75, 3.05) is 25.6 Å². The first-order valence-electron chi connectivity index (χ1n) is 7.13. The van der Waals surface area contributed by atoms with Gasteiger partial charge in [0.2, 0.25) is 5.91 Å². The van der Waals surface area contributed by atoms with Crippen LogP contribution in [0.4, 0.5) is 5.69 Å². The molecule has 0 saturated carbocycles. The molecule has 0 radical (unpaired) electrons. The molecule has 0 fully saturated rings. The van der Waals surface area contributed by atoms with E-state index in [1.807, 2.05) is 0 Å². The third-order valence-electron chi connectivity index (χ3n) is 2.85. The maximum atomic E-state index is 12.0. The van der Waals surface area contributed by atoms with E-state index in [1.165, 1.54) is 7.11 Å². The highest BCUT2D eigenvalue weighted by Gasteiger charge is 2.13. The zero-order valence-corrected chi connectivity index (χ0v) is 13.9. The van der Waals surface area contributed by atoms with Crippen LogP contribution in [0.2, 0.25) is 0 Å². The first kappa shape index (κ1) is 19.5. The topological polar surface area (TPSA) is 117 Å². The van der Waals surface area contributed by atoms with Crippen molar-refractivity contribution in [1.29, 1.82) is 0 Å². The summed E-state index contributed by atoms with van der Waals surface area (Å²) in [6.07, 6.45) is -0.113. The minimum atomic E-state index is -0.491. The Kier molecular flexibility index (Phi) is 8.37. The second-order valence-corrected chi connectivity index (χ2v) is 5.01. The summed E-state index contributed by atoms with van der Waals surface area (Å²) < 4.78 is 4.45. The summed E-state index contributed by atoms with van der Waals surface area (Å²) in [5.74, 6) is -1.32. The zero-order chi connectivity index (χ0) is 17.9. The van der Waals surface area contributed by atoms with Crippen LogP contribution in [0.5, 0.6) is 0 Å². The number of carbonyl (C=O) groups is 3. The van der Waals surface area contributed by atoms with Gasteiger partial charge in [0, 0.05) is 13.0 Å². The monoisotopic (exact) mass is 353 g/mol. The lowest BCUT2D eigenvalue weighted by atomic mass is 10.1. The third-order valence-corrected chi connectivity index (χ3v) is 3.06. The van der Waals surface area contributed by atoms with Crippen molar-refractivity contribution in [3.8, 4) is 0 Å². The van der Waals surface area contributed by atoms with Crippen molar-refractivity contribution in [1.82, 2.24) is 10.6 Å². The molecular formula is C15H19N3O5S. The number of thiocarbonyl (C=S) groups is 1. The van der Waals surface area contributed by atoms with E-state index in [9.17, 15) is 14.4 Å². The summed E-state index contributed by atoms with van der Waals surface area (Å²) in [5.41, 5.74) is 0.725. The number of aliphatic hydroxyl groups is 1. The summed E-state index contributed by atoms with van der Waals surface area (Å²) in [5, 5.41) is 16.5. The van der Waals surface area contributed by atoms with E-state index >= 15 is 0 Å². The minimum absolute atomic E-state index is 0.00674. The number of anilines is 1. The SMILES string of the molecule is COC(=O)CCC(=O)NC(=S)Nc1ccccc1C(=O)NCCO. The molecule has 24 heavy (non-hydrogen) atoms. The molecule has 0 atom stereocenters. The summed E-state index contributed by atoms with van der Waals surface area (Å²) in [7, 11) is 1.24. The number of aliphatic hydroxyl groups excluding tert-OH is 1. The number of para-hydroxylation sites is 1. The minimum Gasteiger partial charge on any atom is -0.469 e. The van der Waals surface area contributed by atoms with Gasteiger partial charge in [0.25, 0.3) is 5.91 Å². The van der Waals surface area contributed by atoms with Crippen LogP contribution in [0.1, 0.15) is 23.2 Å². The van der Waals surface area contributed by atoms with Gasteiger partial charge in [0.05, 0.1) is 31.4 Å². The maximum absolute atomic E-state index is 12.0. The van der Waals surface area contributed by atoms with Crippen molar-refractivity contribution < 1.29 is 24.2 Å². The van der Waals surface area contributed by atoms with E-state index in [0.29, 0.717) is 11.3 Å². The standard InChI is InChI=1S/C15H19N3O5S/c1-23-13(21)7-6-12(20)18-15(24)17-11-5-3-2-4-10(11)14(22)16-8-9-19/h2-5,19H,6-9H2,1H3,(H,16,22)(H2,17,18,20,24). The number of benzene rings is 1. The molecule has 9 heteroatoms. The van der Waals surface area contributed by atoms with Crippen LogP contribution in [0.3, 0.4) is 0 Å². The van der Waals surface area contributed by atoms with E-state index in [0.717, 1.165) is 0 Å². The highest BCUT2D eigenvalue weighted by Crippen LogP contribution is 2.14. The zero-order valence-electron chi connectivity index (χ0n) is 13.1. The van der Waals surface area contributed by atoms with Gasteiger partial charge in [-0.25, -0.2) is 0 Å². The Hall–Kier alpha value is -2.52. The normalized spacial score (nSPS) is 9.75. The van der Waals surface area contributed by atoms with Crippen molar-refractivity contribution in [3.63, 3.8) is 0 Å². The number of methoxy groups -OCH3 is 1. The lowest BCUT2D eigenvalue weighted by molar-refractivity contribution is -0.142. The molecule has 0 aliphatic heterocycles. The first-order valence-corrected chi connectivity index (χ1v) is 7.54. The van der Waals surface area contributed by atoms with Gasteiger partial charge < -0.3 is 25.8 Å². The Bertz CT molecular complexity index is 621. The summed E-state index contributed by atoms with van der Waals surface area (Å²) in [4.78, 5) is 34.7. The summed E-state index contributed by atoms with van der Waals surface area (Å²) in [6, 6.07) is 6.58. The first-order chi connectivity index (χ1) is 11.5. The molecule has 130 valence electrons. The largest absolute Gasteiger partial charge is 0.469 e. The van der Waals surface area contributed by atoms with Crippen molar-refractivity contribution in [2.45, 2.75) is 12.8 Å². The van der Waals surface area contributed by atoms with E-state index in [1.54, 1.807) is 24.3 Å². The molecule has 0 aliphatic carbocycles. The highest BCUT2D eigenvalue weighted by molar-refractivity contribution is 7.80. The van der Waals surface area contributed by atoms with Crippen LogP contribution in [0.15, 0.2) is 24.3 Å². The van der Waals surface area contributed by atoms with E-state index < -0.39 is 11.9 Å². The lowest BCUT2D eigenvalue weighted by Crippen LogP contribution is -2.35. The fraction of sp³-hybridized carbons (Fsp3) is 0.333. The fourth-order valence-corrected chi connectivity index (χ4v) is 1.94. The maximum Gasteiger partial charge on any atom is 0.306 e. The molecule has 0 aliphatic rings. The number of amides is 2. The van der Waals surface area contributed by atoms with Gasteiger partial charge in [-0.1, -0.05) is 12.1 Å². The smallest absolute Gasteiger partial charge is 0.306 e. The van der Waals surface area contributed by atoms with Crippen LogP contribution in [0, 0.1) is 0 Å². The second-order valence-electron chi connectivity index (χ2n) is 4.60. The molecular weight excluding hydrogens is 334 g/mol. The molecule has 8 nitrogen and oxygen atoms in total. The van der Waals surface area contributed by atoms with E-state index in [2.05, 4.69) is 20.7 Å². The Morgan fingerprint density at radius 1 is 1.21 bits per heavy atom. The van der Waals surface area contributed by atoms with Crippen molar-refractivity contribution in [3.05, 3.63) is 29.8 Å². The Labute approximate surface area is 144 Å². The van der Waals surface area contributed by atoms with E-state index in [-0.39, 0.29) is 37.0 Å². The fourth-order valence-electron chi connectivity index (χ4n) is 1.72. The molecule has 0 heterocycles. The van der Waals surface area contributed by atoms with Crippen LogP contribution in [0.25, 0.3) is 0 Å². The van der Waals surface area contributed by atoms with Crippen molar-refractivity contribution >= 4 is 40.8 Å². The average Bonchev–Trinajstić information content (AvgIpc) is 2.57. The highest BCUT2D eigenvalue weighted by atomic mass is 32.1. The molecule has 0 spiro atoms. The van der Waals surface area contributed by atoms with E-state index in [4.69, 9.17) is 17.3 Å². The van der Waals surface area contributed by atoms with Gasteiger partial charge in [-0.15, -0.1) is 0 Å². The molecule has 0 unspecified atom stereocenters. The van der Waals surface area contributed by atoms with Crippen LogP contribution in [-0.4, -0.2) is 48.3 Å².